The second-order valence-electron chi connectivity index (χ2n) is 4.43. The van der Waals surface area contributed by atoms with Gasteiger partial charge in [-0.3, -0.25) is 0 Å². The third-order valence-corrected chi connectivity index (χ3v) is 3.06. The van der Waals surface area contributed by atoms with E-state index in [0.29, 0.717) is 6.54 Å². The molecule has 2 rings (SSSR count). The fourth-order valence-corrected chi connectivity index (χ4v) is 2.12. The number of nitrogens with two attached hydrogens (primary N) is 1. The summed E-state index contributed by atoms with van der Waals surface area (Å²) >= 11 is 0. The molecule has 0 amide bonds. The van der Waals surface area contributed by atoms with Crippen molar-refractivity contribution in [3.63, 3.8) is 0 Å². The van der Waals surface area contributed by atoms with Crippen LogP contribution in [0.5, 0.6) is 5.75 Å². The van der Waals surface area contributed by atoms with Gasteiger partial charge >= 0.3 is 0 Å². The summed E-state index contributed by atoms with van der Waals surface area (Å²) in [6, 6.07) is 14.7. The monoisotopic (exact) mass is 277 g/mol. The lowest BCUT2D eigenvalue weighted by Gasteiger charge is -2.11. The zero-order valence-corrected chi connectivity index (χ0v) is 12.2. The fraction of sp³-hybridized carbons (Fsp3) is 0.250. The van der Waals surface area contributed by atoms with Crippen LogP contribution in [-0.4, -0.2) is 13.7 Å². The number of benzene rings is 2. The van der Waals surface area contributed by atoms with Gasteiger partial charge in [0.2, 0.25) is 0 Å². The van der Waals surface area contributed by atoms with Gasteiger partial charge in [-0.15, -0.1) is 12.4 Å². The van der Waals surface area contributed by atoms with E-state index in [4.69, 9.17) is 10.5 Å². The number of hydrogen-bond acceptors (Lipinski definition) is 2. The number of halogens is 1. The zero-order chi connectivity index (χ0) is 13.0. The molecule has 2 aromatic rings. The molecule has 2 N–H and O–H groups in total. The average Bonchev–Trinajstić information content (AvgIpc) is 2.41. The summed E-state index contributed by atoms with van der Waals surface area (Å²) in [6.45, 7) is 2.77. The van der Waals surface area contributed by atoms with Gasteiger partial charge < -0.3 is 10.5 Å². The van der Waals surface area contributed by atoms with Crippen LogP contribution in [0.3, 0.4) is 0 Å². The van der Waals surface area contributed by atoms with Gasteiger partial charge in [0.05, 0.1) is 7.11 Å². The highest BCUT2D eigenvalue weighted by Crippen LogP contribution is 2.28. The molecule has 0 heterocycles. The van der Waals surface area contributed by atoms with Gasteiger partial charge in [-0.05, 0) is 48.7 Å². The van der Waals surface area contributed by atoms with Crippen LogP contribution in [0.15, 0.2) is 42.5 Å². The van der Waals surface area contributed by atoms with Crippen molar-refractivity contribution in [3.05, 3.63) is 53.6 Å². The maximum atomic E-state index is 5.68. The molecule has 0 aromatic heterocycles. The van der Waals surface area contributed by atoms with Crippen molar-refractivity contribution in [2.75, 3.05) is 13.7 Å². The maximum Gasteiger partial charge on any atom is 0.119 e. The molecule has 0 radical (unpaired) electrons. The summed E-state index contributed by atoms with van der Waals surface area (Å²) in [7, 11) is 1.69. The number of ether oxygens (including phenoxy) is 1. The Kier molecular flexibility index (Phi) is 5.87. The molecule has 0 saturated heterocycles. The Balaban J connectivity index is 0.00000180. The van der Waals surface area contributed by atoms with E-state index >= 15 is 0 Å². The Morgan fingerprint density at radius 2 is 1.89 bits per heavy atom. The van der Waals surface area contributed by atoms with Crippen molar-refractivity contribution in [2.45, 2.75) is 13.3 Å². The van der Waals surface area contributed by atoms with Gasteiger partial charge in [0.15, 0.2) is 0 Å². The Bertz CT molecular complexity index is 540. The lowest BCUT2D eigenvalue weighted by atomic mass is 9.95. The molecule has 2 nitrogen and oxygen atoms in total. The molecule has 0 fully saturated rings. The van der Waals surface area contributed by atoms with E-state index in [1.165, 1.54) is 22.3 Å². The van der Waals surface area contributed by atoms with E-state index < -0.39 is 0 Å². The molecule has 0 unspecified atom stereocenters. The molecule has 0 saturated carbocycles. The van der Waals surface area contributed by atoms with Crippen molar-refractivity contribution in [2.24, 2.45) is 5.73 Å². The molecular formula is C16H20ClNO. The molecule has 0 aliphatic rings. The minimum Gasteiger partial charge on any atom is -0.497 e. The standard InChI is InChI=1S/C16H19NO.ClH/c1-12-6-7-13(8-9-17)16(10-12)14-4-3-5-15(11-14)18-2;/h3-7,10-11H,8-9,17H2,1-2H3;1H. The Labute approximate surface area is 121 Å². The smallest absolute Gasteiger partial charge is 0.119 e. The first-order chi connectivity index (χ1) is 8.74. The summed E-state index contributed by atoms with van der Waals surface area (Å²) < 4.78 is 5.28. The van der Waals surface area contributed by atoms with Crippen LogP contribution in [0, 0.1) is 6.92 Å². The van der Waals surface area contributed by atoms with Gasteiger partial charge in [0.25, 0.3) is 0 Å². The summed E-state index contributed by atoms with van der Waals surface area (Å²) in [5.74, 6) is 0.882. The van der Waals surface area contributed by atoms with Crippen LogP contribution in [0.1, 0.15) is 11.1 Å². The molecule has 102 valence electrons. The summed E-state index contributed by atoms with van der Waals surface area (Å²) in [4.78, 5) is 0. The molecule has 0 atom stereocenters. The third kappa shape index (κ3) is 3.72. The Morgan fingerprint density at radius 1 is 1.11 bits per heavy atom. The van der Waals surface area contributed by atoms with Gasteiger partial charge in [0, 0.05) is 0 Å². The predicted octanol–water partition coefficient (Wildman–Crippen LogP) is 3.59. The average molecular weight is 278 g/mol. The lowest BCUT2D eigenvalue weighted by molar-refractivity contribution is 0.415. The highest BCUT2D eigenvalue weighted by atomic mass is 35.5. The number of aryl methyl sites for hydroxylation is 1. The second kappa shape index (κ2) is 7.17. The van der Waals surface area contributed by atoms with Crippen LogP contribution in [0.25, 0.3) is 11.1 Å². The molecule has 19 heavy (non-hydrogen) atoms. The molecule has 0 aliphatic carbocycles. The molecule has 0 bridgehead atoms. The number of rotatable bonds is 4. The predicted molar refractivity (Wildman–Crippen MR) is 83.2 cm³/mol. The Hall–Kier alpha value is -1.51. The van der Waals surface area contributed by atoms with Crippen molar-refractivity contribution < 1.29 is 4.74 Å². The van der Waals surface area contributed by atoms with Gasteiger partial charge in [0.1, 0.15) is 5.75 Å². The van der Waals surface area contributed by atoms with Crippen LogP contribution >= 0.6 is 12.4 Å². The minimum absolute atomic E-state index is 0. The first kappa shape index (κ1) is 15.5. The summed E-state index contributed by atoms with van der Waals surface area (Å²) in [5, 5.41) is 0. The Morgan fingerprint density at radius 3 is 2.58 bits per heavy atom. The van der Waals surface area contributed by atoms with E-state index in [-0.39, 0.29) is 12.4 Å². The van der Waals surface area contributed by atoms with Crippen molar-refractivity contribution in [3.8, 4) is 16.9 Å². The van der Waals surface area contributed by atoms with Crippen LogP contribution in [0.4, 0.5) is 0 Å². The highest BCUT2D eigenvalue weighted by molar-refractivity contribution is 5.85. The largest absolute Gasteiger partial charge is 0.497 e. The van der Waals surface area contributed by atoms with E-state index in [0.717, 1.165) is 12.2 Å². The van der Waals surface area contributed by atoms with E-state index in [9.17, 15) is 0 Å². The number of hydrogen-bond donors (Lipinski definition) is 1. The highest BCUT2D eigenvalue weighted by Gasteiger charge is 2.06. The van der Waals surface area contributed by atoms with Crippen molar-refractivity contribution in [1.29, 1.82) is 0 Å². The van der Waals surface area contributed by atoms with E-state index in [1.807, 2.05) is 12.1 Å². The summed E-state index contributed by atoms with van der Waals surface area (Å²) in [6.07, 6.45) is 0.896. The summed E-state index contributed by atoms with van der Waals surface area (Å²) in [5.41, 5.74) is 10.7. The maximum absolute atomic E-state index is 5.68. The molecule has 0 aliphatic heterocycles. The first-order valence-corrected chi connectivity index (χ1v) is 6.18. The van der Waals surface area contributed by atoms with Gasteiger partial charge in [-0.2, -0.15) is 0 Å². The van der Waals surface area contributed by atoms with Gasteiger partial charge in [-0.25, -0.2) is 0 Å². The fourth-order valence-electron chi connectivity index (χ4n) is 2.12. The van der Waals surface area contributed by atoms with Crippen molar-refractivity contribution >= 4 is 12.4 Å². The molecular weight excluding hydrogens is 258 g/mol. The topological polar surface area (TPSA) is 35.2 Å². The SMILES string of the molecule is COc1cccc(-c2cc(C)ccc2CCN)c1.Cl. The normalized spacial score (nSPS) is 9.84. The van der Waals surface area contributed by atoms with Crippen LogP contribution in [-0.2, 0) is 6.42 Å². The quantitative estimate of drug-likeness (QED) is 0.927. The molecule has 3 heteroatoms. The molecule has 0 spiro atoms. The lowest BCUT2D eigenvalue weighted by Crippen LogP contribution is -2.04. The van der Waals surface area contributed by atoms with Crippen LogP contribution < -0.4 is 10.5 Å². The molecule has 2 aromatic carbocycles. The van der Waals surface area contributed by atoms with Gasteiger partial charge in [-0.1, -0.05) is 35.9 Å². The van der Waals surface area contributed by atoms with E-state index in [1.54, 1.807) is 7.11 Å². The zero-order valence-electron chi connectivity index (χ0n) is 11.3. The second-order valence-corrected chi connectivity index (χ2v) is 4.43. The van der Waals surface area contributed by atoms with Crippen molar-refractivity contribution in [1.82, 2.24) is 0 Å². The number of methoxy groups -OCH3 is 1. The minimum atomic E-state index is 0. The van der Waals surface area contributed by atoms with Crippen LogP contribution in [0.2, 0.25) is 0 Å². The third-order valence-electron chi connectivity index (χ3n) is 3.06. The first-order valence-electron chi connectivity index (χ1n) is 6.18. The van der Waals surface area contributed by atoms with E-state index in [2.05, 4.69) is 37.3 Å².